The number of anilines is 3. The summed E-state index contributed by atoms with van der Waals surface area (Å²) >= 11 is 0.886. The Morgan fingerprint density at radius 3 is 2.49 bits per heavy atom. The van der Waals surface area contributed by atoms with Crippen LogP contribution in [0.4, 0.5) is 22.2 Å². The summed E-state index contributed by atoms with van der Waals surface area (Å²) in [5.74, 6) is 0.953. The molecule has 3 aromatic rings. The molecule has 2 aliphatic heterocycles. The van der Waals surface area contributed by atoms with Crippen LogP contribution in [-0.4, -0.2) is 59.3 Å². The Hall–Kier alpha value is -3.92. The molecule has 9 nitrogen and oxygen atoms in total. The number of amides is 2. The highest BCUT2D eigenvalue weighted by molar-refractivity contribution is 8.18. The molecule has 4 heterocycles. The second-order valence-corrected chi connectivity index (χ2v) is 9.34. The quantitative estimate of drug-likeness (QED) is 0.526. The molecule has 2 saturated heterocycles. The SMILES string of the molecule is CN(Cc1ccccc1)c1cc(/C=C2\SC(=O)NC2=O)nc(N2CCN(c3cccnc3)CC2)n1. The van der Waals surface area contributed by atoms with E-state index >= 15 is 0 Å². The van der Waals surface area contributed by atoms with E-state index in [4.69, 9.17) is 9.97 Å². The molecule has 0 spiro atoms. The van der Waals surface area contributed by atoms with Crippen molar-refractivity contribution in [1.29, 1.82) is 0 Å². The van der Waals surface area contributed by atoms with Gasteiger partial charge in [0.2, 0.25) is 5.95 Å². The average Bonchev–Trinajstić information content (AvgIpc) is 3.21. The second-order valence-electron chi connectivity index (χ2n) is 8.33. The summed E-state index contributed by atoms with van der Waals surface area (Å²) in [6.07, 6.45) is 5.31. The Bertz CT molecular complexity index is 1250. The van der Waals surface area contributed by atoms with Gasteiger partial charge in [-0.05, 0) is 35.5 Å². The summed E-state index contributed by atoms with van der Waals surface area (Å²) in [5, 5.41) is 1.93. The van der Waals surface area contributed by atoms with Crippen molar-refractivity contribution in [1.82, 2.24) is 20.3 Å². The molecular weight excluding hydrogens is 462 g/mol. The van der Waals surface area contributed by atoms with Crippen molar-refractivity contribution in [3.63, 3.8) is 0 Å². The molecule has 0 unspecified atom stereocenters. The highest BCUT2D eigenvalue weighted by Gasteiger charge is 2.26. The highest BCUT2D eigenvalue weighted by atomic mass is 32.2. The van der Waals surface area contributed by atoms with Crippen LogP contribution in [0.3, 0.4) is 0 Å². The number of benzene rings is 1. The molecule has 2 amide bonds. The van der Waals surface area contributed by atoms with E-state index in [0.29, 0.717) is 23.1 Å². The first-order valence-electron chi connectivity index (χ1n) is 11.3. The lowest BCUT2D eigenvalue weighted by atomic mass is 10.2. The number of thioether (sulfide) groups is 1. The number of piperazine rings is 1. The van der Waals surface area contributed by atoms with Crippen molar-refractivity contribution in [2.45, 2.75) is 6.54 Å². The number of rotatable bonds is 6. The molecule has 2 fully saturated rings. The summed E-state index contributed by atoms with van der Waals surface area (Å²) in [7, 11) is 1.98. The zero-order valence-electron chi connectivity index (χ0n) is 19.3. The first-order valence-corrected chi connectivity index (χ1v) is 12.2. The summed E-state index contributed by atoms with van der Waals surface area (Å²) in [6.45, 7) is 3.83. The van der Waals surface area contributed by atoms with Crippen molar-refractivity contribution in [2.75, 3.05) is 47.9 Å². The third-order valence-corrected chi connectivity index (χ3v) is 6.68. The first-order chi connectivity index (χ1) is 17.0. The lowest BCUT2D eigenvalue weighted by Gasteiger charge is -2.36. The molecule has 0 saturated carbocycles. The van der Waals surface area contributed by atoms with Gasteiger partial charge in [0.15, 0.2) is 0 Å². The molecule has 2 aliphatic rings. The number of carbonyl (C=O) groups excluding carboxylic acids is 2. The highest BCUT2D eigenvalue weighted by Crippen LogP contribution is 2.27. The normalized spacial score (nSPS) is 17.1. The number of nitrogens with one attached hydrogen (secondary N) is 1. The van der Waals surface area contributed by atoms with Crippen molar-refractivity contribution in [3.8, 4) is 0 Å². The number of carbonyl (C=O) groups is 2. The average molecular weight is 488 g/mol. The predicted molar refractivity (Wildman–Crippen MR) is 138 cm³/mol. The minimum Gasteiger partial charge on any atom is -0.367 e. The van der Waals surface area contributed by atoms with Crippen LogP contribution in [0.15, 0.2) is 65.8 Å². The van der Waals surface area contributed by atoms with Crippen molar-refractivity contribution >= 4 is 46.4 Å². The molecule has 2 aromatic heterocycles. The lowest BCUT2D eigenvalue weighted by Crippen LogP contribution is -2.47. The van der Waals surface area contributed by atoms with Crippen LogP contribution < -0.4 is 20.0 Å². The van der Waals surface area contributed by atoms with E-state index in [2.05, 4.69) is 43.2 Å². The maximum absolute atomic E-state index is 12.1. The minimum absolute atomic E-state index is 0.331. The molecule has 0 atom stereocenters. The van der Waals surface area contributed by atoms with Gasteiger partial charge in [-0.2, -0.15) is 4.98 Å². The van der Waals surface area contributed by atoms with Crippen LogP contribution >= 0.6 is 11.8 Å². The number of hydrogen-bond donors (Lipinski definition) is 1. The number of aromatic nitrogens is 3. The molecule has 0 radical (unpaired) electrons. The van der Waals surface area contributed by atoms with Gasteiger partial charge in [0.25, 0.3) is 11.1 Å². The van der Waals surface area contributed by atoms with Gasteiger partial charge in [-0.25, -0.2) is 4.98 Å². The van der Waals surface area contributed by atoms with Crippen LogP contribution in [0.2, 0.25) is 0 Å². The van der Waals surface area contributed by atoms with Gasteiger partial charge in [0.05, 0.1) is 22.5 Å². The van der Waals surface area contributed by atoms with Crippen LogP contribution in [0.5, 0.6) is 0 Å². The third kappa shape index (κ3) is 5.43. The number of nitrogens with zero attached hydrogens (tertiary/aromatic N) is 6. The zero-order chi connectivity index (χ0) is 24.2. The van der Waals surface area contributed by atoms with E-state index in [1.165, 1.54) is 0 Å². The Balaban J connectivity index is 1.41. The third-order valence-electron chi connectivity index (χ3n) is 5.87. The Kier molecular flexibility index (Phi) is 6.62. The fourth-order valence-corrected chi connectivity index (χ4v) is 4.72. The van der Waals surface area contributed by atoms with Gasteiger partial charge in [-0.3, -0.25) is 19.9 Å². The first kappa shape index (κ1) is 22.9. The molecule has 1 N–H and O–H groups in total. The number of hydrogen-bond acceptors (Lipinski definition) is 9. The summed E-state index contributed by atoms with van der Waals surface area (Å²) in [6, 6.07) is 16.0. The number of imide groups is 1. The molecule has 10 heteroatoms. The van der Waals surface area contributed by atoms with E-state index in [1.807, 2.05) is 43.6 Å². The van der Waals surface area contributed by atoms with Crippen molar-refractivity contribution < 1.29 is 9.59 Å². The van der Waals surface area contributed by atoms with E-state index in [1.54, 1.807) is 12.3 Å². The topological polar surface area (TPSA) is 94.6 Å². The molecular formula is C25H25N7O2S. The standard InChI is InChI=1S/C25H25N7O2S/c1-30(17-18-6-3-2-4-7-18)22-15-19(14-21-23(33)29-25(34)35-21)27-24(28-22)32-12-10-31(11-13-32)20-8-5-9-26-16-20/h2-9,14-16H,10-13,17H2,1H3,(H,29,33,34)/b21-14-. The summed E-state index contributed by atoms with van der Waals surface area (Å²) in [5.41, 5.74) is 2.85. The van der Waals surface area contributed by atoms with E-state index < -0.39 is 5.91 Å². The summed E-state index contributed by atoms with van der Waals surface area (Å²) in [4.78, 5) is 44.4. The molecule has 0 bridgehead atoms. The molecule has 5 rings (SSSR count). The fourth-order valence-electron chi connectivity index (χ4n) is 4.05. The van der Waals surface area contributed by atoms with Crippen LogP contribution in [0, 0.1) is 0 Å². The largest absolute Gasteiger partial charge is 0.367 e. The maximum Gasteiger partial charge on any atom is 0.290 e. The Morgan fingerprint density at radius 1 is 1.03 bits per heavy atom. The van der Waals surface area contributed by atoms with Gasteiger partial charge in [-0.15, -0.1) is 0 Å². The van der Waals surface area contributed by atoms with Crippen molar-refractivity contribution in [3.05, 3.63) is 77.1 Å². The minimum atomic E-state index is -0.399. The van der Waals surface area contributed by atoms with Gasteiger partial charge >= 0.3 is 0 Å². The van der Waals surface area contributed by atoms with Gasteiger partial charge < -0.3 is 14.7 Å². The van der Waals surface area contributed by atoms with Crippen LogP contribution in [-0.2, 0) is 11.3 Å². The monoisotopic (exact) mass is 487 g/mol. The van der Waals surface area contributed by atoms with Crippen LogP contribution in [0.25, 0.3) is 6.08 Å². The molecule has 1 aromatic carbocycles. The van der Waals surface area contributed by atoms with Gasteiger partial charge in [0.1, 0.15) is 5.82 Å². The van der Waals surface area contributed by atoms with E-state index in [9.17, 15) is 9.59 Å². The van der Waals surface area contributed by atoms with Gasteiger partial charge in [0, 0.05) is 52.0 Å². The van der Waals surface area contributed by atoms with E-state index in [-0.39, 0.29) is 5.24 Å². The lowest BCUT2D eigenvalue weighted by molar-refractivity contribution is -0.115. The Labute approximate surface area is 207 Å². The molecule has 0 aliphatic carbocycles. The fraction of sp³-hybridized carbons (Fsp3) is 0.240. The smallest absolute Gasteiger partial charge is 0.290 e. The second kappa shape index (κ2) is 10.1. The van der Waals surface area contributed by atoms with Crippen molar-refractivity contribution in [2.24, 2.45) is 0 Å². The Morgan fingerprint density at radius 2 is 1.80 bits per heavy atom. The molecule has 35 heavy (non-hydrogen) atoms. The summed E-state index contributed by atoms with van der Waals surface area (Å²) < 4.78 is 0. The van der Waals surface area contributed by atoms with Gasteiger partial charge in [-0.1, -0.05) is 30.3 Å². The zero-order valence-corrected chi connectivity index (χ0v) is 20.1. The van der Waals surface area contributed by atoms with Crippen LogP contribution in [0.1, 0.15) is 11.3 Å². The molecule has 178 valence electrons. The predicted octanol–water partition coefficient (Wildman–Crippen LogP) is 3.16. The maximum atomic E-state index is 12.1. The van der Waals surface area contributed by atoms with E-state index in [0.717, 1.165) is 55.0 Å². The number of pyridine rings is 1.